The van der Waals surface area contributed by atoms with Crippen LogP contribution in [0.2, 0.25) is 0 Å². The van der Waals surface area contributed by atoms with Gasteiger partial charge in [-0.3, -0.25) is 9.59 Å². The van der Waals surface area contributed by atoms with Gasteiger partial charge in [0.15, 0.2) is 0 Å². The van der Waals surface area contributed by atoms with Gasteiger partial charge in [-0.15, -0.1) is 11.3 Å². The second-order valence-electron chi connectivity index (χ2n) is 6.12. The second-order valence-corrected chi connectivity index (χ2v) is 7.41. The first-order valence-electron chi connectivity index (χ1n) is 8.01. The molecule has 126 valence electrons. The summed E-state index contributed by atoms with van der Waals surface area (Å²) >= 11 is 1.59. The number of rotatable bonds is 4. The molecule has 3 rings (SSSR count). The zero-order chi connectivity index (χ0) is 17.3. The van der Waals surface area contributed by atoms with Crippen molar-refractivity contribution in [3.63, 3.8) is 0 Å². The molecule has 1 aliphatic rings. The molecule has 1 aliphatic heterocycles. The SMILES string of the molecule is Cc1nc(C)c(CN2C(=O)CN(Cc3ccccc3)C(=O)[C@H]2C)s1. The van der Waals surface area contributed by atoms with Crippen LogP contribution in [0, 0.1) is 13.8 Å². The summed E-state index contributed by atoms with van der Waals surface area (Å²) in [5, 5.41) is 0.983. The Kier molecular flexibility index (Phi) is 4.66. The number of amides is 2. The van der Waals surface area contributed by atoms with Gasteiger partial charge in [-0.2, -0.15) is 0 Å². The maximum Gasteiger partial charge on any atom is 0.245 e. The topological polar surface area (TPSA) is 53.5 Å². The number of thiazole rings is 1. The van der Waals surface area contributed by atoms with Crippen LogP contribution in [0.5, 0.6) is 0 Å². The molecule has 5 nitrogen and oxygen atoms in total. The van der Waals surface area contributed by atoms with Crippen molar-refractivity contribution in [2.75, 3.05) is 6.54 Å². The van der Waals surface area contributed by atoms with E-state index in [0.717, 1.165) is 21.1 Å². The van der Waals surface area contributed by atoms with Gasteiger partial charge in [0, 0.05) is 11.4 Å². The minimum Gasteiger partial charge on any atom is -0.327 e. The quantitative estimate of drug-likeness (QED) is 0.857. The molecule has 0 aliphatic carbocycles. The molecule has 1 fully saturated rings. The lowest BCUT2D eigenvalue weighted by Gasteiger charge is -2.38. The van der Waals surface area contributed by atoms with Crippen LogP contribution in [0.3, 0.4) is 0 Å². The molecule has 2 amide bonds. The Hall–Kier alpha value is -2.21. The molecule has 2 aromatic rings. The molecule has 0 N–H and O–H groups in total. The zero-order valence-electron chi connectivity index (χ0n) is 14.2. The van der Waals surface area contributed by atoms with Crippen molar-refractivity contribution in [3.8, 4) is 0 Å². The van der Waals surface area contributed by atoms with Crippen molar-refractivity contribution >= 4 is 23.2 Å². The van der Waals surface area contributed by atoms with E-state index in [4.69, 9.17) is 0 Å². The first-order valence-corrected chi connectivity index (χ1v) is 8.82. The second kappa shape index (κ2) is 6.73. The lowest BCUT2D eigenvalue weighted by atomic mass is 10.1. The molecule has 0 spiro atoms. The summed E-state index contributed by atoms with van der Waals surface area (Å²) in [4.78, 5) is 34.0. The molecule has 0 radical (unpaired) electrons. The van der Waals surface area contributed by atoms with Gasteiger partial charge in [0.05, 0.1) is 17.2 Å². The molecule has 1 atom stereocenters. The molecule has 1 saturated heterocycles. The number of aromatic nitrogens is 1. The van der Waals surface area contributed by atoms with Gasteiger partial charge in [-0.1, -0.05) is 30.3 Å². The van der Waals surface area contributed by atoms with E-state index < -0.39 is 6.04 Å². The van der Waals surface area contributed by atoms with Crippen LogP contribution >= 0.6 is 11.3 Å². The fourth-order valence-corrected chi connectivity index (χ4v) is 3.92. The predicted octanol–water partition coefficient (Wildman–Crippen LogP) is 2.52. The Morgan fingerprint density at radius 3 is 2.50 bits per heavy atom. The normalized spacial score (nSPS) is 18.4. The molecule has 2 heterocycles. The first-order chi connectivity index (χ1) is 11.5. The largest absolute Gasteiger partial charge is 0.327 e. The highest BCUT2D eigenvalue weighted by Gasteiger charge is 2.36. The van der Waals surface area contributed by atoms with Crippen molar-refractivity contribution in [1.29, 1.82) is 0 Å². The highest BCUT2D eigenvalue weighted by Crippen LogP contribution is 2.23. The molecule has 1 aromatic heterocycles. The Morgan fingerprint density at radius 2 is 1.88 bits per heavy atom. The fourth-order valence-electron chi connectivity index (χ4n) is 2.98. The van der Waals surface area contributed by atoms with E-state index in [9.17, 15) is 9.59 Å². The molecule has 6 heteroatoms. The van der Waals surface area contributed by atoms with Crippen LogP contribution in [-0.4, -0.2) is 39.2 Å². The summed E-state index contributed by atoms with van der Waals surface area (Å²) in [7, 11) is 0. The maximum atomic E-state index is 12.7. The number of hydrogen-bond acceptors (Lipinski definition) is 4. The van der Waals surface area contributed by atoms with Crippen molar-refractivity contribution in [1.82, 2.24) is 14.8 Å². The summed E-state index contributed by atoms with van der Waals surface area (Å²) in [5.74, 6) is -0.0131. The monoisotopic (exact) mass is 343 g/mol. The van der Waals surface area contributed by atoms with Gasteiger partial charge in [0.25, 0.3) is 0 Å². The van der Waals surface area contributed by atoms with Crippen molar-refractivity contribution in [2.24, 2.45) is 0 Å². The third-order valence-corrected chi connectivity index (χ3v) is 5.37. The van der Waals surface area contributed by atoms with Gasteiger partial charge in [-0.05, 0) is 26.3 Å². The number of hydrogen-bond donors (Lipinski definition) is 0. The third-order valence-electron chi connectivity index (χ3n) is 4.31. The lowest BCUT2D eigenvalue weighted by Crippen LogP contribution is -2.57. The summed E-state index contributed by atoms with van der Waals surface area (Å²) in [6.07, 6.45) is 0. The molecule has 0 saturated carbocycles. The molecular formula is C18H21N3O2S. The summed E-state index contributed by atoms with van der Waals surface area (Å²) < 4.78 is 0. The minimum atomic E-state index is -0.447. The van der Waals surface area contributed by atoms with E-state index >= 15 is 0 Å². The van der Waals surface area contributed by atoms with E-state index in [0.29, 0.717) is 13.1 Å². The van der Waals surface area contributed by atoms with Crippen LogP contribution in [0.15, 0.2) is 30.3 Å². The standard InChI is InChI=1S/C18H21N3O2S/c1-12-16(24-14(3)19-12)10-21-13(2)18(23)20(11-17(21)22)9-15-7-5-4-6-8-15/h4-8,13H,9-11H2,1-3H3/t13-/m1/s1. The van der Waals surface area contributed by atoms with Crippen LogP contribution in [0.25, 0.3) is 0 Å². The molecule has 24 heavy (non-hydrogen) atoms. The van der Waals surface area contributed by atoms with Gasteiger partial charge < -0.3 is 9.80 Å². The highest BCUT2D eigenvalue weighted by molar-refractivity contribution is 7.11. The maximum absolute atomic E-state index is 12.7. The molecule has 0 bridgehead atoms. The number of piperazine rings is 1. The van der Waals surface area contributed by atoms with Crippen molar-refractivity contribution in [2.45, 2.75) is 39.9 Å². The molecule has 0 unspecified atom stereocenters. The van der Waals surface area contributed by atoms with Crippen LogP contribution in [0.4, 0.5) is 0 Å². The van der Waals surface area contributed by atoms with E-state index in [-0.39, 0.29) is 18.4 Å². The average Bonchev–Trinajstić information content (AvgIpc) is 2.87. The van der Waals surface area contributed by atoms with Crippen molar-refractivity contribution < 1.29 is 9.59 Å². The Bertz CT molecular complexity index is 757. The number of benzene rings is 1. The Labute approximate surface area is 145 Å². The lowest BCUT2D eigenvalue weighted by molar-refractivity contribution is -0.156. The summed E-state index contributed by atoms with van der Waals surface area (Å²) in [6, 6.07) is 9.32. The first kappa shape index (κ1) is 16.6. The van der Waals surface area contributed by atoms with Crippen LogP contribution < -0.4 is 0 Å². The van der Waals surface area contributed by atoms with E-state index in [1.54, 1.807) is 28.1 Å². The van der Waals surface area contributed by atoms with E-state index in [1.165, 1.54) is 0 Å². The Morgan fingerprint density at radius 1 is 1.17 bits per heavy atom. The summed E-state index contributed by atoms with van der Waals surface area (Å²) in [5.41, 5.74) is 1.98. The average molecular weight is 343 g/mol. The van der Waals surface area contributed by atoms with Crippen molar-refractivity contribution in [3.05, 3.63) is 51.5 Å². The van der Waals surface area contributed by atoms with Crippen LogP contribution in [0.1, 0.15) is 28.1 Å². The van der Waals surface area contributed by atoms with Gasteiger partial charge in [-0.25, -0.2) is 4.98 Å². The molecule has 1 aromatic carbocycles. The number of nitrogens with zero attached hydrogens (tertiary/aromatic N) is 3. The van der Waals surface area contributed by atoms with Gasteiger partial charge in [0.2, 0.25) is 11.8 Å². The van der Waals surface area contributed by atoms with Gasteiger partial charge in [0.1, 0.15) is 12.6 Å². The molecular weight excluding hydrogens is 322 g/mol. The fraction of sp³-hybridized carbons (Fsp3) is 0.389. The van der Waals surface area contributed by atoms with E-state index in [2.05, 4.69) is 4.98 Å². The number of carbonyl (C=O) groups is 2. The van der Waals surface area contributed by atoms with Crippen LogP contribution in [-0.2, 0) is 22.7 Å². The number of carbonyl (C=O) groups excluding carboxylic acids is 2. The minimum absolute atomic E-state index is 0.00246. The summed E-state index contributed by atoms with van der Waals surface area (Å²) in [6.45, 7) is 6.77. The predicted molar refractivity (Wildman–Crippen MR) is 93.5 cm³/mol. The third kappa shape index (κ3) is 3.33. The Balaban J connectivity index is 1.73. The number of aryl methyl sites for hydroxylation is 2. The smallest absolute Gasteiger partial charge is 0.245 e. The van der Waals surface area contributed by atoms with E-state index in [1.807, 2.05) is 44.2 Å². The van der Waals surface area contributed by atoms with Gasteiger partial charge >= 0.3 is 0 Å². The highest BCUT2D eigenvalue weighted by atomic mass is 32.1. The zero-order valence-corrected chi connectivity index (χ0v) is 15.0.